The summed E-state index contributed by atoms with van der Waals surface area (Å²) in [5, 5.41) is 7.61. The number of nitrogens with zero attached hydrogens (tertiary/aromatic N) is 2. The number of hydrogen-bond acceptors (Lipinski definition) is 6. The molecule has 0 saturated heterocycles. The highest BCUT2D eigenvalue weighted by Gasteiger charge is 2.52. The van der Waals surface area contributed by atoms with Gasteiger partial charge in [-0.1, -0.05) is 29.6 Å². The predicted molar refractivity (Wildman–Crippen MR) is 95.3 cm³/mol. The molecule has 136 valence electrons. The zero-order valence-electron chi connectivity index (χ0n) is 14.3. The maximum atomic E-state index is 13.4. The van der Waals surface area contributed by atoms with Crippen LogP contribution in [-0.4, -0.2) is 31.6 Å². The highest BCUT2D eigenvalue weighted by molar-refractivity contribution is 7.92. The van der Waals surface area contributed by atoms with Crippen molar-refractivity contribution in [3.63, 3.8) is 0 Å². The molecule has 0 aliphatic heterocycles. The Kier molecular flexibility index (Phi) is 5.18. The third-order valence-electron chi connectivity index (χ3n) is 4.89. The van der Waals surface area contributed by atoms with Gasteiger partial charge in [-0.2, -0.15) is 4.98 Å². The molecule has 0 bridgehead atoms. The van der Waals surface area contributed by atoms with Crippen LogP contribution in [0.15, 0.2) is 33.7 Å². The van der Waals surface area contributed by atoms with Gasteiger partial charge in [-0.05, 0) is 51.1 Å². The molecule has 3 rings (SSSR count). The Hall–Kier alpha value is -1.44. The smallest absolute Gasteiger partial charge is 0.248 e. The van der Waals surface area contributed by atoms with Crippen LogP contribution < -0.4 is 5.32 Å². The molecular formula is C17H22ClN3O3S. The van der Waals surface area contributed by atoms with Gasteiger partial charge in [-0.3, -0.25) is 0 Å². The third-order valence-corrected chi connectivity index (χ3v) is 7.65. The van der Waals surface area contributed by atoms with E-state index in [0.717, 1.165) is 12.8 Å². The third kappa shape index (κ3) is 3.32. The fourth-order valence-corrected chi connectivity index (χ4v) is 5.49. The van der Waals surface area contributed by atoms with Crippen molar-refractivity contribution in [1.82, 2.24) is 15.5 Å². The molecule has 1 aliphatic rings. The Morgan fingerprint density at radius 2 is 1.92 bits per heavy atom. The maximum Gasteiger partial charge on any atom is 0.248 e. The maximum absolute atomic E-state index is 13.4. The first-order valence-electron chi connectivity index (χ1n) is 8.39. The van der Waals surface area contributed by atoms with Crippen LogP contribution in [0, 0.1) is 0 Å². The standard InChI is InChI=1S/C17H22ClN3O3S/c1-12(19-2)11-15-20-16(24-21-15)17(9-3-4-10-17)25(22,23)14-7-5-13(18)6-8-14/h5-8,12,19H,3-4,9-11H2,1-2H3. The summed E-state index contributed by atoms with van der Waals surface area (Å²) in [6.45, 7) is 2.01. The zero-order chi connectivity index (χ0) is 18.1. The lowest BCUT2D eigenvalue weighted by Crippen LogP contribution is -2.33. The highest BCUT2D eigenvalue weighted by atomic mass is 35.5. The first-order valence-corrected chi connectivity index (χ1v) is 10.3. The number of halogens is 1. The number of benzene rings is 1. The average molecular weight is 384 g/mol. The Morgan fingerprint density at radius 1 is 1.28 bits per heavy atom. The molecule has 1 aromatic heterocycles. The lowest BCUT2D eigenvalue weighted by molar-refractivity contribution is 0.327. The van der Waals surface area contributed by atoms with Crippen LogP contribution in [-0.2, 0) is 21.0 Å². The second kappa shape index (κ2) is 7.05. The average Bonchev–Trinajstić information content (AvgIpc) is 3.25. The lowest BCUT2D eigenvalue weighted by Gasteiger charge is -2.24. The van der Waals surface area contributed by atoms with E-state index in [9.17, 15) is 8.42 Å². The van der Waals surface area contributed by atoms with Crippen molar-refractivity contribution in [3.05, 3.63) is 41.0 Å². The summed E-state index contributed by atoms with van der Waals surface area (Å²) in [7, 11) is -1.81. The van der Waals surface area contributed by atoms with Crippen LogP contribution in [0.2, 0.25) is 5.02 Å². The van der Waals surface area contributed by atoms with E-state index < -0.39 is 14.6 Å². The first-order chi connectivity index (χ1) is 11.9. The van der Waals surface area contributed by atoms with Crippen LogP contribution in [0.1, 0.15) is 44.3 Å². The van der Waals surface area contributed by atoms with Crippen LogP contribution in [0.25, 0.3) is 0 Å². The largest absolute Gasteiger partial charge is 0.338 e. The van der Waals surface area contributed by atoms with Crippen molar-refractivity contribution in [2.45, 2.75) is 54.7 Å². The summed E-state index contributed by atoms with van der Waals surface area (Å²) in [6.07, 6.45) is 3.19. The summed E-state index contributed by atoms with van der Waals surface area (Å²) in [6, 6.07) is 6.43. The summed E-state index contributed by atoms with van der Waals surface area (Å²) in [5.74, 6) is 0.729. The molecule has 1 unspecified atom stereocenters. The molecule has 1 N–H and O–H groups in total. The Bertz CT molecular complexity index is 827. The number of hydrogen-bond donors (Lipinski definition) is 1. The summed E-state index contributed by atoms with van der Waals surface area (Å²) in [5.41, 5.74) is 0. The number of aromatic nitrogens is 2. The van der Waals surface area contributed by atoms with Gasteiger partial charge in [0.25, 0.3) is 0 Å². The van der Waals surface area contributed by atoms with Crippen molar-refractivity contribution < 1.29 is 12.9 Å². The molecule has 1 saturated carbocycles. The summed E-state index contributed by atoms with van der Waals surface area (Å²) in [4.78, 5) is 4.68. The number of rotatable bonds is 6. The van der Waals surface area contributed by atoms with Crippen LogP contribution in [0.5, 0.6) is 0 Å². The van der Waals surface area contributed by atoms with Crippen molar-refractivity contribution in [2.24, 2.45) is 0 Å². The molecule has 1 heterocycles. The molecule has 1 aliphatic carbocycles. The Balaban J connectivity index is 2.01. The van der Waals surface area contributed by atoms with E-state index in [2.05, 4.69) is 15.5 Å². The summed E-state index contributed by atoms with van der Waals surface area (Å²) < 4.78 is 31.0. The van der Waals surface area contributed by atoms with E-state index in [1.165, 1.54) is 12.1 Å². The van der Waals surface area contributed by atoms with E-state index in [0.29, 0.717) is 30.1 Å². The van der Waals surface area contributed by atoms with E-state index in [4.69, 9.17) is 16.1 Å². The molecule has 1 atom stereocenters. The molecule has 1 aromatic carbocycles. The normalized spacial score (nSPS) is 18.4. The Labute approximate surface area is 152 Å². The van der Waals surface area contributed by atoms with Crippen LogP contribution in [0.4, 0.5) is 0 Å². The fraction of sp³-hybridized carbons (Fsp3) is 0.529. The number of nitrogens with one attached hydrogen (secondary N) is 1. The van der Waals surface area contributed by atoms with Gasteiger partial charge >= 0.3 is 0 Å². The van der Waals surface area contributed by atoms with Crippen molar-refractivity contribution >= 4 is 21.4 Å². The molecule has 0 amide bonds. The zero-order valence-corrected chi connectivity index (χ0v) is 15.9. The van der Waals surface area contributed by atoms with Crippen LogP contribution in [0.3, 0.4) is 0 Å². The second-order valence-corrected chi connectivity index (χ2v) is 9.26. The molecule has 25 heavy (non-hydrogen) atoms. The molecule has 0 radical (unpaired) electrons. The van der Waals surface area contributed by atoms with E-state index in [-0.39, 0.29) is 16.8 Å². The van der Waals surface area contributed by atoms with Gasteiger partial charge in [0.2, 0.25) is 5.89 Å². The molecule has 2 aromatic rings. The van der Waals surface area contributed by atoms with Crippen molar-refractivity contribution in [1.29, 1.82) is 0 Å². The minimum absolute atomic E-state index is 0.179. The highest BCUT2D eigenvalue weighted by Crippen LogP contribution is 2.47. The molecular weight excluding hydrogens is 362 g/mol. The first kappa shape index (κ1) is 18.4. The van der Waals surface area contributed by atoms with Gasteiger partial charge in [0.05, 0.1) is 4.90 Å². The topological polar surface area (TPSA) is 85.1 Å². The van der Waals surface area contributed by atoms with Gasteiger partial charge in [0.1, 0.15) is 0 Å². The molecule has 6 nitrogen and oxygen atoms in total. The van der Waals surface area contributed by atoms with E-state index in [1.54, 1.807) is 12.1 Å². The number of sulfone groups is 1. The lowest BCUT2D eigenvalue weighted by atomic mass is 10.1. The molecule has 1 fully saturated rings. The van der Waals surface area contributed by atoms with Gasteiger partial charge < -0.3 is 9.84 Å². The monoisotopic (exact) mass is 383 g/mol. The Morgan fingerprint density at radius 3 is 2.52 bits per heavy atom. The minimum atomic E-state index is -3.66. The van der Waals surface area contributed by atoms with Crippen LogP contribution >= 0.6 is 11.6 Å². The van der Waals surface area contributed by atoms with E-state index in [1.807, 2.05) is 14.0 Å². The molecule has 8 heteroatoms. The summed E-state index contributed by atoms with van der Waals surface area (Å²) >= 11 is 5.90. The van der Waals surface area contributed by atoms with Crippen molar-refractivity contribution in [2.75, 3.05) is 7.05 Å². The SMILES string of the molecule is CNC(C)Cc1noc(C2(S(=O)(=O)c3ccc(Cl)cc3)CCCC2)n1. The van der Waals surface area contributed by atoms with Gasteiger partial charge in [0.15, 0.2) is 20.4 Å². The van der Waals surface area contributed by atoms with Gasteiger partial charge in [-0.25, -0.2) is 8.42 Å². The van der Waals surface area contributed by atoms with Crippen molar-refractivity contribution in [3.8, 4) is 0 Å². The number of likely N-dealkylation sites (N-methyl/N-ethyl adjacent to an activating group) is 1. The second-order valence-electron chi connectivity index (χ2n) is 6.57. The predicted octanol–water partition coefficient (Wildman–Crippen LogP) is 3.12. The molecule has 0 spiro atoms. The quantitative estimate of drug-likeness (QED) is 0.824. The fourth-order valence-electron chi connectivity index (χ4n) is 3.28. The minimum Gasteiger partial charge on any atom is -0.338 e. The van der Waals surface area contributed by atoms with E-state index >= 15 is 0 Å². The van der Waals surface area contributed by atoms with Gasteiger partial charge in [0, 0.05) is 17.5 Å². The van der Waals surface area contributed by atoms with Gasteiger partial charge in [-0.15, -0.1) is 0 Å².